The van der Waals surface area contributed by atoms with Gasteiger partial charge < -0.3 is 4.74 Å². The molecular weight excluding hydrogens is 288 g/mol. The van der Waals surface area contributed by atoms with Crippen molar-refractivity contribution in [1.29, 1.82) is 0 Å². The summed E-state index contributed by atoms with van der Waals surface area (Å²) in [5.74, 6) is -8.35. The van der Waals surface area contributed by atoms with Crippen molar-refractivity contribution < 1.29 is 27.1 Å². The summed E-state index contributed by atoms with van der Waals surface area (Å²) in [6.07, 6.45) is 0. The molecule has 0 aliphatic heterocycles. The van der Waals surface area contributed by atoms with Crippen LogP contribution in [0.1, 0.15) is 15.9 Å². The lowest BCUT2D eigenvalue weighted by atomic mass is 10.1. The van der Waals surface area contributed by atoms with Gasteiger partial charge in [0.15, 0.2) is 29.8 Å². The summed E-state index contributed by atoms with van der Waals surface area (Å²) >= 11 is 0. The molecule has 2 rings (SSSR count). The van der Waals surface area contributed by atoms with Crippen molar-refractivity contribution >= 4 is 5.78 Å². The quantitative estimate of drug-likeness (QED) is 0.487. The Balaban J connectivity index is 2.17. The Morgan fingerprint density at radius 3 is 2.05 bits per heavy atom. The zero-order valence-corrected chi connectivity index (χ0v) is 10.9. The molecule has 0 bridgehead atoms. The van der Waals surface area contributed by atoms with Gasteiger partial charge in [0, 0.05) is 11.6 Å². The van der Waals surface area contributed by atoms with Crippen LogP contribution in [0.5, 0.6) is 5.75 Å². The largest absolute Gasteiger partial charge is 0.479 e. The average Bonchev–Trinajstić information content (AvgIpc) is 2.45. The summed E-state index contributed by atoms with van der Waals surface area (Å²) in [6.45, 7) is 1.09. The lowest BCUT2D eigenvalue weighted by molar-refractivity contribution is 0.0913. The first-order valence-electron chi connectivity index (χ1n) is 5.96. The fraction of sp³-hybridized carbons (Fsp3) is 0.133. The van der Waals surface area contributed by atoms with Crippen molar-refractivity contribution in [3.8, 4) is 5.75 Å². The first-order chi connectivity index (χ1) is 9.90. The number of ether oxygens (including phenoxy) is 1. The molecule has 0 aromatic heterocycles. The Hall–Kier alpha value is -2.37. The van der Waals surface area contributed by atoms with Gasteiger partial charge in [0.25, 0.3) is 0 Å². The molecule has 0 aliphatic rings. The molecule has 0 aliphatic carbocycles. The van der Waals surface area contributed by atoms with E-state index in [0.29, 0.717) is 0 Å². The molecule has 0 saturated heterocycles. The summed E-state index contributed by atoms with van der Waals surface area (Å²) in [5.41, 5.74) is 1.19. The van der Waals surface area contributed by atoms with E-state index >= 15 is 0 Å². The van der Waals surface area contributed by atoms with Gasteiger partial charge in [-0.05, 0) is 6.92 Å². The molecule has 0 atom stereocenters. The Bertz CT molecular complexity index is 655. The highest BCUT2D eigenvalue weighted by Gasteiger charge is 2.21. The fourth-order valence-corrected chi connectivity index (χ4v) is 1.64. The molecule has 0 amide bonds. The van der Waals surface area contributed by atoms with Crippen LogP contribution in [0.4, 0.5) is 17.6 Å². The zero-order chi connectivity index (χ0) is 15.6. The third kappa shape index (κ3) is 3.21. The van der Waals surface area contributed by atoms with E-state index < -0.39 is 41.4 Å². The first kappa shape index (κ1) is 15.0. The molecule has 0 saturated carbocycles. The molecule has 0 unspecified atom stereocenters. The van der Waals surface area contributed by atoms with Crippen LogP contribution in [-0.4, -0.2) is 12.4 Å². The highest BCUT2D eigenvalue weighted by Crippen LogP contribution is 2.26. The third-order valence-corrected chi connectivity index (χ3v) is 2.79. The molecule has 6 heteroatoms. The molecule has 2 nitrogen and oxygen atoms in total. The Kier molecular flexibility index (Phi) is 4.26. The summed E-state index contributed by atoms with van der Waals surface area (Å²) < 4.78 is 57.2. The number of hydrogen-bond donors (Lipinski definition) is 0. The molecule has 0 N–H and O–H groups in total. The SMILES string of the molecule is Cc1ccc(C(=O)COc2c(F)c(F)cc(F)c2F)cc1. The fourth-order valence-electron chi connectivity index (χ4n) is 1.64. The van der Waals surface area contributed by atoms with Gasteiger partial charge in [-0.2, -0.15) is 8.78 Å². The minimum absolute atomic E-state index is 0.0688. The second kappa shape index (κ2) is 5.95. The van der Waals surface area contributed by atoms with E-state index in [4.69, 9.17) is 0 Å². The maximum absolute atomic E-state index is 13.3. The monoisotopic (exact) mass is 298 g/mol. The van der Waals surface area contributed by atoms with Crippen LogP contribution in [0, 0.1) is 30.2 Å². The number of benzene rings is 2. The number of aryl methyl sites for hydroxylation is 1. The van der Waals surface area contributed by atoms with Crippen molar-refractivity contribution in [2.75, 3.05) is 6.61 Å². The second-order valence-electron chi connectivity index (χ2n) is 4.38. The van der Waals surface area contributed by atoms with E-state index in [1.54, 1.807) is 12.1 Å². The summed E-state index contributed by atoms with van der Waals surface area (Å²) in [6, 6.07) is 6.45. The molecule has 0 spiro atoms. The van der Waals surface area contributed by atoms with Crippen LogP contribution in [0.3, 0.4) is 0 Å². The molecule has 2 aromatic rings. The maximum atomic E-state index is 13.3. The van der Waals surface area contributed by atoms with Crippen LogP contribution < -0.4 is 4.74 Å². The summed E-state index contributed by atoms with van der Waals surface area (Å²) in [7, 11) is 0. The summed E-state index contributed by atoms with van der Waals surface area (Å²) in [5, 5.41) is 0. The predicted octanol–water partition coefficient (Wildman–Crippen LogP) is 3.81. The second-order valence-corrected chi connectivity index (χ2v) is 4.38. The van der Waals surface area contributed by atoms with Crippen molar-refractivity contribution in [1.82, 2.24) is 0 Å². The number of rotatable bonds is 4. The smallest absolute Gasteiger partial charge is 0.203 e. The number of carbonyl (C=O) groups excluding carboxylic acids is 1. The normalized spacial score (nSPS) is 10.5. The van der Waals surface area contributed by atoms with Gasteiger partial charge in [0.2, 0.25) is 11.6 Å². The van der Waals surface area contributed by atoms with E-state index in [-0.39, 0.29) is 11.6 Å². The molecule has 0 fully saturated rings. The van der Waals surface area contributed by atoms with Gasteiger partial charge in [-0.1, -0.05) is 29.8 Å². The van der Waals surface area contributed by atoms with Crippen molar-refractivity contribution in [3.05, 3.63) is 64.7 Å². The topological polar surface area (TPSA) is 26.3 Å². The van der Waals surface area contributed by atoms with Crippen LogP contribution in [-0.2, 0) is 0 Å². The average molecular weight is 298 g/mol. The highest BCUT2D eigenvalue weighted by molar-refractivity contribution is 5.97. The predicted molar refractivity (Wildman–Crippen MR) is 67.3 cm³/mol. The highest BCUT2D eigenvalue weighted by atomic mass is 19.2. The lowest BCUT2D eigenvalue weighted by Gasteiger charge is -2.09. The van der Waals surface area contributed by atoms with Crippen molar-refractivity contribution in [2.45, 2.75) is 6.92 Å². The minimum atomic E-state index is -1.68. The lowest BCUT2D eigenvalue weighted by Crippen LogP contribution is -2.14. The van der Waals surface area contributed by atoms with Crippen LogP contribution in [0.25, 0.3) is 0 Å². The third-order valence-electron chi connectivity index (χ3n) is 2.79. The molecule has 0 heterocycles. The van der Waals surface area contributed by atoms with Crippen LogP contribution in [0.2, 0.25) is 0 Å². The first-order valence-corrected chi connectivity index (χ1v) is 5.96. The van der Waals surface area contributed by atoms with E-state index in [1.165, 1.54) is 12.1 Å². The van der Waals surface area contributed by atoms with Gasteiger partial charge in [-0.15, -0.1) is 0 Å². The van der Waals surface area contributed by atoms with Gasteiger partial charge in [0.1, 0.15) is 0 Å². The van der Waals surface area contributed by atoms with Crippen molar-refractivity contribution in [2.24, 2.45) is 0 Å². The molecule has 110 valence electrons. The Labute approximate surface area is 118 Å². The summed E-state index contributed by atoms with van der Waals surface area (Å²) in [4.78, 5) is 11.8. The molecular formula is C15H10F4O2. The van der Waals surface area contributed by atoms with E-state index in [2.05, 4.69) is 4.74 Å². The van der Waals surface area contributed by atoms with E-state index in [0.717, 1.165) is 5.56 Å². The number of hydrogen-bond acceptors (Lipinski definition) is 2. The standard InChI is InChI=1S/C15H10F4O2/c1-8-2-4-9(5-3-8)12(20)7-21-15-13(18)10(16)6-11(17)14(15)19/h2-6H,7H2,1H3. The number of carbonyl (C=O) groups is 1. The molecule has 2 aromatic carbocycles. The van der Waals surface area contributed by atoms with E-state index in [1.807, 2.05) is 6.92 Å². The van der Waals surface area contributed by atoms with Gasteiger partial charge in [-0.25, -0.2) is 8.78 Å². The number of halogens is 4. The zero-order valence-electron chi connectivity index (χ0n) is 10.9. The maximum Gasteiger partial charge on any atom is 0.203 e. The van der Waals surface area contributed by atoms with Crippen LogP contribution in [0.15, 0.2) is 30.3 Å². The van der Waals surface area contributed by atoms with Gasteiger partial charge >= 0.3 is 0 Å². The Morgan fingerprint density at radius 2 is 1.52 bits per heavy atom. The van der Waals surface area contributed by atoms with Gasteiger partial charge in [-0.3, -0.25) is 4.79 Å². The number of ketones is 1. The Morgan fingerprint density at radius 1 is 1.00 bits per heavy atom. The van der Waals surface area contributed by atoms with Crippen molar-refractivity contribution in [3.63, 3.8) is 0 Å². The number of Topliss-reactive ketones (excluding diaryl/α,β-unsaturated/α-hetero) is 1. The van der Waals surface area contributed by atoms with Gasteiger partial charge in [0.05, 0.1) is 0 Å². The van der Waals surface area contributed by atoms with Crippen LogP contribution >= 0.6 is 0 Å². The molecule has 21 heavy (non-hydrogen) atoms. The minimum Gasteiger partial charge on any atom is -0.479 e. The molecule has 0 radical (unpaired) electrons. The van der Waals surface area contributed by atoms with E-state index in [9.17, 15) is 22.4 Å².